The maximum Gasteiger partial charge on any atom is 0.410 e. The minimum atomic E-state index is -1.80. The number of aliphatic hydroxyl groups is 1. The van der Waals surface area contributed by atoms with Gasteiger partial charge in [-0.2, -0.15) is 0 Å². The highest BCUT2D eigenvalue weighted by Gasteiger charge is 2.48. The summed E-state index contributed by atoms with van der Waals surface area (Å²) in [7, 11) is -1.80. The largest absolute Gasteiger partial charge is 0.441 e. The van der Waals surface area contributed by atoms with Gasteiger partial charge >= 0.3 is 6.09 Å². The summed E-state index contributed by atoms with van der Waals surface area (Å²) in [6.07, 6.45) is 4.55. The third-order valence-corrected chi connectivity index (χ3v) is 15.3. The van der Waals surface area contributed by atoms with E-state index in [4.69, 9.17) is 9.72 Å². The van der Waals surface area contributed by atoms with Crippen LogP contribution in [0.4, 0.5) is 4.79 Å². The van der Waals surface area contributed by atoms with E-state index in [2.05, 4.69) is 39.2 Å². The van der Waals surface area contributed by atoms with Gasteiger partial charge in [0.1, 0.15) is 19.8 Å². The number of nitrogens with zero attached hydrogens (tertiary/aromatic N) is 2. The van der Waals surface area contributed by atoms with Crippen molar-refractivity contribution < 1.29 is 14.6 Å². The van der Waals surface area contributed by atoms with Crippen molar-refractivity contribution in [2.24, 2.45) is 0 Å². The van der Waals surface area contributed by atoms with Crippen LogP contribution in [0.15, 0.2) is 6.20 Å². The molecule has 2 N–H and O–H groups in total. The van der Waals surface area contributed by atoms with Crippen molar-refractivity contribution >= 4 is 30.1 Å². The summed E-state index contributed by atoms with van der Waals surface area (Å²) in [5.74, 6) is 0. The van der Waals surface area contributed by atoms with Crippen molar-refractivity contribution in [3.63, 3.8) is 0 Å². The Balaban J connectivity index is 1.85. The number of aromatic nitrogens is 1. The fourth-order valence-electron chi connectivity index (χ4n) is 4.14. The number of ether oxygens (including phenoxy) is 1. The second kappa shape index (κ2) is 8.43. The number of nitrogens with one attached hydrogen (secondary N) is 1. The zero-order valence-electron chi connectivity index (χ0n) is 20.5. The van der Waals surface area contributed by atoms with Crippen LogP contribution in [0, 0.1) is 0 Å². The highest BCUT2D eigenvalue weighted by molar-refractivity contribution is 7.26. The Morgan fingerprint density at radius 2 is 1.94 bits per heavy atom. The molecule has 6 nitrogen and oxygen atoms in total. The lowest BCUT2D eigenvalue weighted by molar-refractivity contribution is -0.112. The summed E-state index contributed by atoms with van der Waals surface area (Å²) in [5, 5.41) is 15.2. The van der Waals surface area contributed by atoms with Gasteiger partial charge in [0.25, 0.3) is 0 Å². The number of hydrogen-bond acceptors (Lipinski definition) is 6. The molecule has 176 valence electrons. The summed E-state index contributed by atoms with van der Waals surface area (Å²) in [6.45, 7) is 18.7. The Labute approximate surface area is 192 Å². The first kappa shape index (κ1) is 24.7. The average Bonchev–Trinajstić information content (AvgIpc) is 3.09. The zero-order valence-corrected chi connectivity index (χ0v) is 22.4. The molecular weight excluding hydrogens is 426 g/mol. The van der Waals surface area contributed by atoms with E-state index in [1.54, 1.807) is 11.3 Å². The van der Waals surface area contributed by atoms with Gasteiger partial charge < -0.3 is 20.1 Å². The predicted molar refractivity (Wildman–Crippen MR) is 130 cm³/mol. The summed E-state index contributed by atoms with van der Waals surface area (Å²) < 4.78 is 7.17. The quantitative estimate of drug-likeness (QED) is 0.649. The maximum atomic E-state index is 13.3. The van der Waals surface area contributed by atoms with Crippen LogP contribution in [-0.2, 0) is 10.3 Å². The van der Waals surface area contributed by atoms with E-state index in [1.165, 1.54) is 0 Å². The lowest BCUT2D eigenvalue weighted by Crippen LogP contribution is -2.59. The summed E-state index contributed by atoms with van der Waals surface area (Å²) >= 11 is 1.61. The predicted octanol–water partition coefficient (Wildman–Crippen LogP) is 4.20. The smallest absolute Gasteiger partial charge is 0.410 e. The van der Waals surface area contributed by atoms with Crippen molar-refractivity contribution in [3.05, 3.63) is 11.1 Å². The van der Waals surface area contributed by atoms with Crippen molar-refractivity contribution in [1.29, 1.82) is 0 Å². The van der Waals surface area contributed by atoms with Crippen LogP contribution in [0.1, 0.15) is 72.1 Å². The molecule has 2 heterocycles. The van der Waals surface area contributed by atoms with Crippen LogP contribution in [0.5, 0.6) is 0 Å². The molecule has 31 heavy (non-hydrogen) atoms. The molecule has 1 amide bonds. The van der Waals surface area contributed by atoms with Crippen molar-refractivity contribution in [2.45, 2.75) is 109 Å². The molecule has 1 saturated heterocycles. The van der Waals surface area contributed by atoms with Crippen LogP contribution in [0.25, 0.3) is 0 Å². The van der Waals surface area contributed by atoms with E-state index < -0.39 is 19.8 Å². The Hall–Kier alpha value is -0.963. The maximum absolute atomic E-state index is 13.3. The zero-order chi connectivity index (χ0) is 23.2. The fourth-order valence-corrected chi connectivity index (χ4v) is 8.27. The molecule has 1 saturated carbocycles. The first-order valence-corrected chi connectivity index (χ1v) is 15.4. The van der Waals surface area contributed by atoms with Crippen molar-refractivity contribution in [3.8, 4) is 0 Å². The molecule has 0 radical (unpaired) electrons. The lowest BCUT2D eigenvalue weighted by atomic mass is 9.87. The molecule has 1 aromatic heterocycles. The number of piperidine rings is 1. The molecular formula is C23H41N3O3SSi. The van der Waals surface area contributed by atoms with Gasteiger partial charge in [0.2, 0.25) is 0 Å². The molecule has 8 heteroatoms. The van der Waals surface area contributed by atoms with E-state index in [-0.39, 0.29) is 22.7 Å². The number of carbonyl (C=O) groups excluding carboxylic acids is 1. The molecule has 2 atom stereocenters. The molecule has 1 aliphatic heterocycles. The van der Waals surface area contributed by atoms with Gasteiger partial charge in [-0.3, -0.25) is 4.98 Å². The van der Waals surface area contributed by atoms with E-state index >= 15 is 0 Å². The minimum absolute atomic E-state index is 0.167. The van der Waals surface area contributed by atoms with E-state index in [9.17, 15) is 9.90 Å². The number of carbonyl (C=O) groups is 1. The molecule has 2 fully saturated rings. The second-order valence-corrected chi connectivity index (χ2v) is 18.4. The van der Waals surface area contributed by atoms with Crippen molar-refractivity contribution in [1.82, 2.24) is 15.2 Å². The van der Waals surface area contributed by atoms with Gasteiger partial charge in [0, 0.05) is 24.3 Å². The monoisotopic (exact) mass is 467 g/mol. The molecule has 0 spiro atoms. The van der Waals surface area contributed by atoms with Gasteiger partial charge in [0.15, 0.2) is 0 Å². The highest BCUT2D eigenvalue weighted by Crippen LogP contribution is 2.40. The Bertz CT molecular complexity index is 795. The highest BCUT2D eigenvalue weighted by atomic mass is 32.1. The fraction of sp³-hybridized carbons (Fsp3) is 0.826. The van der Waals surface area contributed by atoms with Crippen LogP contribution >= 0.6 is 11.3 Å². The van der Waals surface area contributed by atoms with Gasteiger partial charge in [-0.25, -0.2) is 4.79 Å². The van der Waals surface area contributed by atoms with Crippen LogP contribution in [0.2, 0.25) is 18.1 Å². The molecule has 2 unspecified atom stereocenters. The van der Waals surface area contributed by atoms with Crippen molar-refractivity contribution in [2.75, 3.05) is 13.1 Å². The third-order valence-electron chi connectivity index (χ3n) is 7.49. The molecule has 0 aromatic carbocycles. The minimum Gasteiger partial charge on any atom is -0.441 e. The second-order valence-electron chi connectivity index (χ2n) is 11.8. The standard InChI is InChI=1S/C23H41N3O3SSi/c1-21(2,3)26(16-10-9-11-16)20(27)29-17-14-24-13-12-23(17,28)18-15-25-19(30-18)31(7,8)22(4,5)6/h15-17,24,28H,9-14H2,1-8H3. The van der Waals surface area contributed by atoms with E-state index in [0.29, 0.717) is 19.5 Å². The van der Waals surface area contributed by atoms with Crippen LogP contribution < -0.4 is 9.95 Å². The lowest BCUT2D eigenvalue weighted by Gasteiger charge is -2.46. The van der Waals surface area contributed by atoms with E-state index in [1.807, 2.05) is 31.9 Å². The topological polar surface area (TPSA) is 74.7 Å². The van der Waals surface area contributed by atoms with Crippen LogP contribution in [0.3, 0.4) is 0 Å². The summed E-state index contributed by atoms with van der Waals surface area (Å²) in [5.41, 5.74) is -1.52. The molecule has 3 rings (SSSR count). The number of hydrogen-bond donors (Lipinski definition) is 2. The van der Waals surface area contributed by atoms with E-state index in [0.717, 1.165) is 28.8 Å². The average molecular weight is 468 g/mol. The number of rotatable bonds is 4. The summed E-state index contributed by atoms with van der Waals surface area (Å²) in [4.78, 5) is 20.7. The Kier molecular flexibility index (Phi) is 6.71. The normalized spacial score (nSPS) is 25.8. The van der Waals surface area contributed by atoms with Gasteiger partial charge in [-0.1, -0.05) is 33.9 Å². The molecule has 2 aliphatic rings. The van der Waals surface area contributed by atoms with Gasteiger partial charge in [-0.05, 0) is 58.0 Å². The molecule has 1 aliphatic carbocycles. The first-order chi connectivity index (χ1) is 14.2. The third kappa shape index (κ3) is 4.72. The molecule has 1 aromatic rings. The van der Waals surface area contributed by atoms with Gasteiger partial charge in [-0.15, -0.1) is 11.3 Å². The summed E-state index contributed by atoms with van der Waals surface area (Å²) in [6, 6.07) is 0.228. The SMILES string of the molecule is CC(C)(C)N(C(=O)OC1CNCCC1(O)c1cnc([Si](C)(C)C(C)(C)C)s1)C1CCC1. The van der Waals surface area contributed by atoms with Crippen LogP contribution in [-0.4, -0.2) is 59.9 Å². The number of amides is 1. The van der Waals surface area contributed by atoms with Gasteiger partial charge in [0.05, 0.1) is 9.51 Å². The first-order valence-electron chi connectivity index (χ1n) is 11.6. The number of thiazole rings is 1. The Morgan fingerprint density at radius 3 is 2.45 bits per heavy atom. The molecule has 0 bridgehead atoms. The Morgan fingerprint density at radius 1 is 1.29 bits per heavy atom.